The minimum Gasteiger partial charge on any atom is -0.389 e. The van der Waals surface area contributed by atoms with Gasteiger partial charge in [-0.3, -0.25) is 0 Å². The normalized spacial score (nSPS) is 28.6. The molecule has 0 amide bonds. The van der Waals surface area contributed by atoms with Crippen molar-refractivity contribution in [3.8, 4) is 0 Å². The zero-order valence-corrected chi connectivity index (χ0v) is 11.3. The summed E-state index contributed by atoms with van der Waals surface area (Å²) in [7, 11) is 0. The third-order valence-electron chi connectivity index (χ3n) is 4.39. The van der Waals surface area contributed by atoms with Crippen LogP contribution in [0.2, 0.25) is 0 Å². The average Bonchev–Trinajstić information content (AvgIpc) is 2.95. The third-order valence-corrected chi connectivity index (χ3v) is 4.63. The van der Waals surface area contributed by atoms with Gasteiger partial charge >= 0.3 is 0 Å². The van der Waals surface area contributed by atoms with Gasteiger partial charge in [0.2, 0.25) is 0 Å². The van der Waals surface area contributed by atoms with Gasteiger partial charge in [-0.15, -0.1) is 0 Å². The second-order valence-electron chi connectivity index (χ2n) is 5.60. The molecule has 3 unspecified atom stereocenters. The molecule has 0 saturated heterocycles. The lowest BCUT2D eigenvalue weighted by atomic mass is 9.95. The Morgan fingerprint density at radius 3 is 2.37 bits per heavy atom. The summed E-state index contributed by atoms with van der Waals surface area (Å²) in [4.78, 5) is 0.00396. The second kappa shape index (κ2) is 4.71. The standard InChI is InChI=1S/C14H16F2N2S/c15-10-5-9(14(17)19)6-11(16)13(10)18-12-4-7-1-2-8(12)3-7/h5-8,12,18H,1-4H2,(H2,17,19). The number of nitrogens with two attached hydrogens (primary N) is 1. The largest absolute Gasteiger partial charge is 0.389 e. The molecule has 102 valence electrons. The number of anilines is 1. The number of benzene rings is 1. The number of fused-ring (bicyclic) bond motifs is 2. The summed E-state index contributed by atoms with van der Waals surface area (Å²) in [6.07, 6.45) is 4.62. The van der Waals surface area contributed by atoms with Crippen LogP contribution in [0.3, 0.4) is 0 Å². The van der Waals surface area contributed by atoms with Gasteiger partial charge in [0.25, 0.3) is 0 Å². The Morgan fingerprint density at radius 2 is 1.89 bits per heavy atom. The zero-order valence-electron chi connectivity index (χ0n) is 10.5. The number of halogens is 2. The van der Waals surface area contributed by atoms with E-state index in [1.165, 1.54) is 25.0 Å². The van der Waals surface area contributed by atoms with Crippen LogP contribution in [0.4, 0.5) is 14.5 Å². The molecule has 1 aromatic rings. The van der Waals surface area contributed by atoms with E-state index in [0.717, 1.165) is 18.8 Å². The highest BCUT2D eigenvalue weighted by molar-refractivity contribution is 7.80. The van der Waals surface area contributed by atoms with E-state index < -0.39 is 11.6 Å². The zero-order chi connectivity index (χ0) is 13.6. The Morgan fingerprint density at radius 1 is 1.21 bits per heavy atom. The lowest BCUT2D eigenvalue weighted by molar-refractivity contribution is 0.435. The lowest BCUT2D eigenvalue weighted by Gasteiger charge is -2.24. The molecule has 19 heavy (non-hydrogen) atoms. The molecule has 0 aliphatic heterocycles. The minimum atomic E-state index is -0.620. The molecule has 2 nitrogen and oxygen atoms in total. The summed E-state index contributed by atoms with van der Waals surface area (Å²) in [5.74, 6) is 0.0414. The van der Waals surface area contributed by atoms with Crippen molar-refractivity contribution in [1.82, 2.24) is 0 Å². The Balaban J connectivity index is 1.83. The van der Waals surface area contributed by atoms with E-state index in [-0.39, 0.29) is 22.3 Å². The van der Waals surface area contributed by atoms with Crippen LogP contribution in [0.25, 0.3) is 0 Å². The fraction of sp³-hybridized carbons (Fsp3) is 0.500. The summed E-state index contributed by atoms with van der Waals surface area (Å²) in [6, 6.07) is 2.58. The van der Waals surface area contributed by atoms with E-state index in [1.807, 2.05) is 0 Å². The fourth-order valence-electron chi connectivity index (χ4n) is 3.46. The fourth-order valence-corrected chi connectivity index (χ4v) is 3.58. The number of hydrogen-bond acceptors (Lipinski definition) is 2. The van der Waals surface area contributed by atoms with Gasteiger partial charge < -0.3 is 11.1 Å². The van der Waals surface area contributed by atoms with Crippen LogP contribution in [-0.2, 0) is 0 Å². The van der Waals surface area contributed by atoms with Crippen LogP contribution in [0, 0.1) is 23.5 Å². The Kier molecular flexibility index (Phi) is 3.17. The van der Waals surface area contributed by atoms with Crippen LogP contribution in [0.1, 0.15) is 31.2 Å². The molecule has 3 rings (SSSR count). The lowest BCUT2D eigenvalue weighted by Crippen LogP contribution is -2.27. The molecule has 2 aliphatic rings. The van der Waals surface area contributed by atoms with Crippen molar-refractivity contribution in [2.75, 3.05) is 5.32 Å². The first-order valence-electron chi connectivity index (χ1n) is 6.60. The third kappa shape index (κ3) is 2.31. The maximum Gasteiger partial charge on any atom is 0.150 e. The predicted octanol–water partition coefficient (Wildman–Crippen LogP) is 3.20. The van der Waals surface area contributed by atoms with E-state index in [2.05, 4.69) is 5.32 Å². The highest BCUT2D eigenvalue weighted by Crippen LogP contribution is 2.45. The van der Waals surface area contributed by atoms with Gasteiger partial charge in [0, 0.05) is 11.6 Å². The molecule has 2 aliphatic carbocycles. The van der Waals surface area contributed by atoms with Crippen LogP contribution < -0.4 is 11.1 Å². The van der Waals surface area contributed by atoms with Crippen LogP contribution >= 0.6 is 12.2 Å². The van der Waals surface area contributed by atoms with E-state index in [1.54, 1.807) is 0 Å². The molecule has 2 saturated carbocycles. The molecule has 2 bridgehead atoms. The maximum absolute atomic E-state index is 13.9. The average molecular weight is 282 g/mol. The quantitative estimate of drug-likeness (QED) is 0.836. The molecule has 0 radical (unpaired) electrons. The van der Waals surface area contributed by atoms with Gasteiger partial charge in [-0.1, -0.05) is 18.6 Å². The Labute approximate surface area is 116 Å². The Hall–Kier alpha value is -1.23. The highest BCUT2D eigenvalue weighted by atomic mass is 32.1. The smallest absolute Gasteiger partial charge is 0.150 e. The van der Waals surface area contributed by atoms with Gasteiger partial charge in [0.15, 0.2) is 0 Å². The predicted molar refractivity (Wildman–Crippen MR) is 75.1 cm³/mol. The molecular formula is C14H16F2N2S. The summed E-state index contributed by atoms with van der Waals surface area (Å²) in [5.41, 5.74) is 5.57. The second-order valence-corrected chi connectivity index (χ2v) is 6.04. The SMILES string of the molecule is NC(=S)c1cc(F)c(NC2CC3CCC2C3)c(F)c1. The van der Waals surface area contributed by atoms with Crippen molar-refractivity contribution in [3.05, 3.63) is 29.3 Å². The molecule has 0 heterocycles. The maximum atomic E-state index is 13.9. The molecule has 3 atom stereocenters. The Bertz CT molecular complexity index is 509. The molecular weight excluding hydrogens is 266 g/mol. The number of nitrogens with one attached hydrogen (secondary N) is 1. The summed E-state index contributed by atoms with van der Waals surface area (Å²) in [5, 5.41) is 3.04. The van der Waals surface area contributed by atoms with Gasteiger partial charge in [-0.25, -0.2) is 8.78 Å². The van der Waals surface area contributed by atoms with Crippen molar-refractivity contribution in [1.29, 1.82) is 0 Å². The van der Waals surface area contributed by atoms with Gasteiger partial charge in [-0.05, 0) is 43.2 Å². The van der Waals surface area contributed by atoms with Crippen molar-refractivity contribution >= 4 is 22.9 Å². The highest BCUT2D eigenvalue weighted by Gasteiger charge is 2.39. The van der Waals surface area contributed by atoms with E-state index in [4.69, 9.17) is 18.0 Å². The summed E-state index contributed by atoms with van der Waals surface area (Å²) >= 11 is 4.74. The number of thiocarbonyl (C=S) groups is 1. The molecule has 2 fully saturated rings. The molecule has 0 spiro atoms. The van der Waals surface area contributed by atoms with Crippen molar-refractivity contribution < 1.29 is 8.78 Å². The molecule has 3 N–H and O–H groups in total. The monoisotopic (exact) mass is 282 g/mol. The minimum absolute atomic E-state index is 0.00396. The van der Waals surface area contributed by atoms with E-state index in [0.29, 0.717) is 5.92 Å². The first-order valence-corrected chi connectivity index (χ1v) is 7.01. The van der Waals surface area contributed by atoms with Crippen molar-refractivity contribution in [2.45, 2.75) is 31.7 Å². The summed E-state index contributed by atoms with van der Waals surface area (Å²) < 4.78 is 27.9. The van der Waals surface area contributed by atoms with Crippen LogP contribution in [0.15, 0.2) is 12.1 Å². The van der Waals surface area contributed by atoms with Crippen LogP contribution in [-0.4, -0.2) is 11.0 Å². The van der Waals surface area contributed by atoms with E-state index in [9.17, 15) is 8.78 Å². The van der Waals surface area contributed by atoms with Gasteiger partial charge in [0.1, 0.15) is 22.3 Å². The number of rotatable bonds is 3. The van der Waals surface area contributed by atoms with Crippen molar-refractivity contribution in [2.24, 2.45) is 17.6 Å². The molecule has 0 aromatic heterocycles. The number of hydrogen-bond donors (Lipinski definition) is 2. The van der Waals surface area contributed by atoms with Gasteiger partial charge in [-0.2, -0.15) is 0 Å². The molecule has 1 aromatic carbocycles. The molecule has 5 heteroatoms. The summed E-state index contributed by atoms with van der Waals surface area (Å²) in [6.45, 7) is 0. The van der Waals surface area contributed by atoms with Crippen LogP contribution in [0.5, 0.6) is 0 Å². The first-order chi connectivity index (χ1) is 9.04. The van der Waals surface area contributed by atoms with E-state index >= 15 is 0 Å². The topological polar surface area (TPSA) is 38.0 Å². The first kappa shape index (κ1) is 12.8. The van der Waals surface area contributed by atoms with Crippen molar-refractivity contribution in [3.63, 3.8) is 0 Å². The van der Waals surface area contributed by atoms with Gasteiger partial charge in [0.05, 0.1) is 0 Å².